The molecule has 5 heteroatoms. The molecule has 4 nitrogen and oxygen atoms in total. The predicted molar refractivity (Wildman–Crippen MR) is 89.1 cm³/mol. The molecule has 2 aromatic carbocycles. The SMILES string of the molecule is Cc1ccc(C(=O)N(C)NC(=S)Nc2ccccc2)cc1. The van der Waals surface area contributed by atoms with Crippen LogP contribution in [-0.2, 0) is 0 Å². The minimum absolute atomic E-state index is 0.146. The van der Waals surface area contributed by atoms with Crippen molar-refractivity contribution in [3.63, 3.8) is 0 Å². The van der Waals surface area contributed by atoms with Crippen LogP contribution in [0, 0.1) is 6.92 Å². The number of hydrogen-bond acceptors (Lipinski definition) is 2. The van der Waals surface area contributed by atoms with Crippen molar-refractivity contribution in [3.8, 4) is 0 Å². The number of rotatable bonds is 2. The van der Waals surface area contributed by atoms with Gasteiger partial charge in [0.25, 0.3) is 5.91 Å². The molecule has 0 fully saturated rings. The molecule has 2 aromatic rings. The highest BCUT2D eigenvalue weighted by Crippen LogP contribution is 2.06. The molecule has 1 amide bonds. The Morgan fingerprint density at radius 3 is 2.29 bits per heavy atom. The van der Waals surface area contributed by atoms with Gasteiger partial charge in [-0.25, -0.2) is 0 Å². The highest BCUT2D eigenvalue weighted by molar-refractivity contribution is 7.80. The fourth-order valence-electron chi connectivity index (χ4n) is 1.77. The number of amides is 1. The van der Waals surface area contributed by atoms with Gasteiger partial charge in [0.15, 0.2) is 5.11 Å². The van der Waals surface area contributed by atoms with Gasteiger partial charge in [-0.05, 0) is 43.4 Å². The van der Waals surface area contributed by atoms with E-state index in [2.05, 4.69) is 10.7 Å². The van der Waals surface area contributed by atoms with Crippen LogP contribution in [0.2, 0.25) is 0 Å². The summed E-state index contributed by atoms with van der Waals surface area (Å²) in [4.78, 5) is 12.2. The molecule has 0 heterocycles. The second-order valence-corrected chi connectivity index (χ2v) is 5.07. The van der Waals surface area contributed by atoms with E-state index in [1.165, 1.54) is 5.01 Å². The molecule has 0 spiro atoms. The minimum atomic E-state index is -0.146. The second-order valence-electron chi connectivity index (χ2n) is 4.66. The summed E-state index contributed by atoms with van der Waals surface area (Å²) in [5, 5.41) is 4.74. The quantitative estimate of drug-likeness (QED) is 0.661. The number of thiocarbonyl (C=S) groups is 1. The summed E-state index contributed by atoms with van der Waals surface area (Å²) >= 11 is 5.19. The number of benzene rings is 2. The molecule has 0 saturated heterocycles. The Hall–Kier alpha value is -2.40. The van der Waals surface area contributed by atoms with Crippen molar-refractivity contribution in [1.29, 1.82) is 0 Å². The zero-order valence-corrected chi connectivity index (χ0v) is 12.8. The van der Waals surface area contributed by atoms with E-state index in [-0.39, 0.29) is 5.91 Å². The van der Waals surface area contributed by atoms with E-state index in [1.54, 1.807) is 19.2 Å². The van der Waals surface area contributed by atoms with Crippen molar-refractivity contribution in [1.82, 2.24) is 10.4 Å². The number of anilines is 1. The largest absolute Gasteiger partial charge is 0.331 e. The van der Waals surface area contributed by atoms with Crippen LogP contribution in [0.25, 0.3) is 0 Å². The summed E-state index contributed by atoms with van der Waals surface area (Å²) in [6, 6.07) is 16.9. The van der Waals surface area contributed by atoms with Crippen molar-refractivity contribution in [2.24, 2.45) is 0 Å². The van der Waals surface area contributed by atoms with Crippen molar-refractivity contribution in [2.75, 3.05) is 12.4 Å². The first kappa shape index (κ1) is 15.0. The lowest BCUT2D eigenvalue weighted by molar-refractivity contribution is 0.0760. The van der Waals surface area contributed by atoms with Crippen LogP contribution in [-0.4, -0.2) is 23.1 Å². The van der Waals surface area contributed by atoms with Crippen LogP contribution in [0.15, 0.2) is 54.6 Å². The standard InChI is InChI=1S/C16H17N3OS/c1-12-8-10-13(11-9-12)15(20)19(2)18-16(21)17-14-6-4-3-5-7-14/h3-11H,1-2H3,(H2,17,18,21). The Morgan fingerprint density at radius 2 is 1.67 bits per heavy atom. The van der Waals surface area contributed by atoms with Gasteiger partial charge in [0.05, 0.1) is 0 Å². The van der Waals surface area contributed by atoms with E-state index in [9.17, 15) is 4.79 Å². The molecular formula is C16H17N3OS. The Morgan fingerprint density at radius 1 is 1.05 bits per heavy atom. The number of hydrazine groups is 1. The maximum Gasteiger partial charge on any atom is 0.271 e. The van der Waals surface area contributed by atoms with Crippen molar-refractivity contribution in [2.45, 2.75) is 6.92 Å². The van der Waals surface area contributed by atoms with Crippen LogP contribution in [0.1, 0.15) is 15.9 Å². The lowest BCUT2D eigenvalue weighted by atomic mass is 10.1. The third-order valence-corrected chi connectivity index (χ3v) is 3.10. The van der Waals surface area contributed by atoms with Gasteiger partial charge in [-0.15, -0.1) is 0 Å². The minimum Gasteiger partial charge on any atom is -0.331 e. The molecule has 0 aliphatic heterocycles. The van der Waals surface area contributed by atoms with Gasteiger partial charge in [0.2, 0.25) is 0 Å². The normalized spacial score (nSPS) is 9.81. The molecular weight excluding hydrogens is 282 g/mol. The Balaban J connectivity index is 1.94. The molecule has 0 aliphatic rings. The van der Waals surface area contributed by atoms with Gasteiger partial charge >= 0.3 is 0 Å². The van der Waals surface area contributed by atoms with Crippen LogP contribution >= 0.6 is 12.2 Å². The average Bonchev–Trinajstić information content (AvgIpc) is 2.48. The second kappa shape index (κ2) is 6.85. The average molecular weight is 299 g/mol. The molecule has 0 bridgehead atoms. The molecule has 0 atom stereocenters. The van der Waals surface area contributed by atoms with Crippen LogP contribution in [0.3, 0.4) is 0 Å². The molecule has 0 radical (unpaired) electrons. The van der Waals surface area contributed by atoms with E-state index in [0.717, 1.165) is 11.3 Å². The Kier molecular flexibility index (Phi) is 4.90. The smallest absolute Gasteiger partial charge is 0.271 e. The molecule has 0 aromatic heterocycles. The summed E-state index contributed by atoms with van der Waals surface area (Å²) in [6.45, 7) is 1.98. The molecule has 108 valence electrons. The van der Waals surface area contributed by atoms with Crippen LogP contribution < -0.4 is 10.7 Å². The highest BCUT2D eigenvalue weighted by atomic mass is 32.1. The number of carbonyl (C=O) groups excluding carboxylic acids is 1. The van der Waals surface area contributed by atoms with Crippen molar-refractivity contribution < 1.29 is 4.79 Å². The zero-order chi connectivity index (χ0) is 15.2. The molecule has 2 rings (SSSR count). The summed E-state index contributed by atoms with van der Waals surface area (Å²) in [6.07, 6.45) is 0. The van der Waals surface area contributed by atoms with Crippen LogP contribution in [0.4, 0.5) is 5.69 Å². The summed E-state index contributed by atoms with van der Waals surface area (Å²) in [5.74, 6) is -0.146. The number of para-hydroxylation sites is 1. The monoisotopic (exact) mass is 299 g/mol. The van der Waals surface area contributed by atoms with Gasteiger partial charge in [-0.2, -0.15) is 0 Å². The van der Waals surface area contributed by atoms with Crippen molar-refractivity contribution >= 4 is 28.9 Å². The first-order valence-electron chi connectivity index (χ1n) is 6.53. The lowest BCUT2D eigenvalue weighted by Gasteiger charge is -2.20. The van der Waals surface area contributed by atoms with Gasteiger partial charge in [0, 0.05) is 18.3 Å². The van der Waals surface area contributed by atoms with E-state index in [1.807, 2.05) is 49.4 Å². The predicted octanol–water partition coefficient (Wildman–Crippen LogP) is 2.97. The maximum absolute atomic E-state index is 12.2. The topological polar surface area (TPSA) is 44.4 Å². The number of hydrogen-bond donors (Lipinski definition) is 2. The fourth-order valence-corrected chi connectivity index (χ4v) is 2.03. The lowest BCUT2D eigenvalue weighted by Crippen LogP contribution is -2.45. The van der Waals surface area contributed by atoms with E-state index in [4.69, 9.17) is 12.2 Å². The number of aryl methyl sites for hydroxylation is 1. The molecule has 21 heavy (non-hydrogen) atoms. The Bertz CT molecular complexity index is 626. The molecule has 0 aliphatic carbocycles. The van der Waals surface area contributed by atoms with Gasteiger partial charge in [-0.3, -0.25) is 15.2 Å². The van der Waals surface area contributed by atoms with Gasteiger partial charge in [0.1, 0.15) is 0 Å². The first-order valence-corrected chi connectivity index (χ1v) is 6.94. The van der Waals surface area contributed by atoms with Crippen molar-refractivity contribution in [3.05, 3.63) is 65.7 Å². The number of nitrogens with zero attached hydrogens (tertiary/aromatic N) is 1. The van der Waals surface area contributed by atoms with Gasteiger partial charge in [-0.1, -0.05) is 35.9 Å². The van der Waals surface area contributed by atoms with Gasteiger partial charge < -0.3 is 5.32 Å². The maximum atomic E-state index is 12.2. The van der Waals surface area contributed by atoms with E-state index < -0.39 is 0 Å². The molecule has 0 saturated carbocycles. The summed E-state index contributed by atoms with van der Waals surface area (Å²) < 4.78 is 0. The highest BCUT2D eigenvalue weighted by Gasteiger charge is 2.12. The molecule has 2 N–H and O–H groups in total. The fraction of sp³-hybridized carbons (Fsp3) is 0.125. The zero-order valence-electron chi connectivity index (χ0n) is 12.0. The number of carbonyl (C=O) groups is 1. The molecule has 0 unspecified atom stereocenters. The summed E-state index contributed by atoms with van der Waals surface area (Å²) in [5.41, 5.74) is 5.44. The first-order chi connectivity index (χ1) is 10.1. The summed E-state index contributed by atoms with van der Waals surface area (Å²) in [7, 11) is 1.64. The Labute approximate surface area is 129 Å². The third kappa shape index (κ3) is 4.29. The number of nitrogens with one attached hydrogen (secondary N) is 2. The third-order valence-electron chi connectivity index (χ3n) is 2.90. The van der Waals surface area contributed by atoms with Crippen LogP contribution in [0.5, 0.6) is 0 Å². The van der Waals surface area contributed by atoms with E-state index in [0.29, 0.717) is 10.7 Å². The van der Waals surface area contributed by atoms with E-state index >= 15 is 0 Å².